The zero-order valence-corrected chi connectivity index (χ0v) is 22.1. The van der Waals surface area contributed by atoms with Gasteiger partial charge in [0.1, 0.15) is 17.3 Å². The molecule has 1 aliphatic rings. The zero-order valence-electron chi connectivity index (χ0n) is 21.3. The lowest BCUT2D eigenvalue weighted by molar-refractivity contribution is -0.139. The minimum Gasteiger partial charge on any atom is -0.465 e. The molecule has 5 rings (SSSR count). The molecule has 10 heteroatoms. The molecule has 0 N–H and O–H groups in total. The number of ether oxygens (including phenoxy) is 2. The third kappa shape index (κ3) is 4.98. The molecule has 2 aromatic heterocycles. The molecular formula is C29H23FN2O6S. The van der Waals surface area contributed by atoms with Gasteiger partial charge in [0, 0.05) is 11.6 Å². The van der Waals surface area contributed by atoms with Crippen LogP contribution in [0.5, 0.6) is 0 Å². The molecule has 0 saturated carbocycles. The lowest BCUT2D eigenvalue weighted by Crippen LogP contribution is -2.39. The van der Waals surface area contributed by atoms with Crippen LogP contribution in [-0.2, 0) is 14.3 Å². The van der Waals surface area contributed by atoms with Crippen LogP contribution in [0.3, 0.4) is 0 Å². The monoisotopic (exact) mass is 546 g/mol. The number of halogens is 1. The van der Waals surface area contributed by atoms with Crippen LogP contribution in [0.2, 0.25) is 0 Å². The summed E-state index contributed by atoms with van der Waals surface area (Å²) in [5.74, 6) is -0.566. The zero-order chi connectivity index (χ0) is 27.7. The summed E-state index contributed by atoms with van der Waals surface area (Å²) in [4.78, 5) is 43.4. The van der Waals surface area contributed by atoms with Gasteiger partial charge in [-0.25, -0.2) is 19.0 Å². The molecule has 0 bridgehead atoms. The van der Waals surface area contributed by atoms with Gasteiger partial charge in [0.15, 0.2) is 4.80 Å². The maximum Gasteiger partial charge on any atom is 0.338 e. The largest absolute Gasteiger partial charge is 0.465 e. The van der Waals surface area contributed by atoms with E-state index in [1.54, 1.807) is 56.3 Å². The maximum atomic E-state index is 13.7. The van der Waals surface area contributed by atoms with Crippen molar-refractivity contribution >= 4 is 29.4 Å². The van der Waals surface area contributed by atoms with Gasteiger partial charge in [-0.15, -0.1) is 0 Å². The van der Waals surface area contributed by atoms with Gasteiger partial charge in [-0.1, -0.05) is 35.6 Å². The number of methoxy groups -OCH3 is 1. The number of carbonyl (C=O) groups is 2. The average molecular weight is 547 g/mol. The molecule has 0 saturated heterocycles. The van der Waals surface area contributed by atoms with Crippen LogP contribution in [0.4, 0.5) is 4.39 Å². The summed E-state index contributed by atoms with van der Waals surface area (Å²) in [6, 6.07) is 15.1. The van der Waals surface area contributed by atoms with Crippen LogP contribution in [0.15, 0.2) is 86.1 Å². The summed E-state index contributed by atoms with van der Waals surface area (Å²) in [6.45, 7) is 3.53. The standard InChI is InChI=1S/C29H23FN2O6S/c1-4-37-28(35)24-16(2)31-29-32(25(24)17-8-10-20(30)11-9-17)26(33)23(39-29)15-21-12-13-22(38-21)18-6-5-7-19(14-18)27(34)36-3/h5-15,25H,4H2,1-3H3/b23-15+/t25-/m1/s1. The van der Waals surface area contributed by atoms with Gasteiger partial charge in [-0.3, -0.25) is 9.36 Å². The predicted molar refractivity (Wildman–Crippen MR) is 142 cm³/mol. The van der Waals surface area contributed by atoms with Crippen molar-refractivity contribution < 1.29 is 27.9 Å². The van der Waals surface area contributed by atoms with Crippen molar-refractivity contribution in [2.75, 3.05) is 13.7 Å². The maximum absolute atomic E-state index is 13.7. The molecule has 0 aliphatic carbocycles. The lowest BCUT2D eigenvalue weighted by atomic mass is 9.96. The molecule has 0 unspecified atom stereocenters. The highest BCUT2D eigenvalue weighted by atomic mass is 32.1. The first-order valence-corrected chi connectivity index (χ1v) is 12.9. The van der Waals surface area contributed by atoms with Crippen molar-refractivity contribution in [3.63, 3.8) is 0 Å². The fourth-order valence-corrected chi connectivity index (χ4v) is 5.41. The Labute approximate surface area is 226 Å². The van der Waals surface area contributed by atoms with Crippen molar-refractivity contribution in [1.82, 2.24) is 4.57 Å². The van der Waals surface area contributed by atoms with Crippen LogP contribution < -0.4 is 14.9 Å². The van der Waals surface area contributed by atoms with Crippen molar-refractivity contribution in [3.8, 4) is 11.3 Å². The molecule has 0 radical (unpaired) electrons. The summed E-state index contributed by atoms with van der Waals surface area (Å²) in [5, 5.41) is 0. The number of nitrogens with zero attached hydrogens (tertiary/aromatic N) is 2. The van der Waals surface area contributed by atoms with Crippen molar-refractivity contribution in [3.05, 3.63) is 114 Å². The van der Waals surface area contributed by atoms with Crippen LogP contribution in [-0.4, -0.2) is 30.2 Å². The van der Waals surface area contributed by atoms with Gasteiger partial charge >= 0.3 is 11.9 Å². The molecule has 0 fully saturated rings. The normalized spacial score (nSPS) is 15.1. The number of aromatic nitrogens is 1. The first-order chi connectivity index (χ1) is 18.8. The van der Waals surface area contributed by atoms with Crippen LogP contribution in [0.1, 0.15) is 41.6 Å². The predicted octanol–water partition coefficient (Wildman–Crippen LogP) is 3.98. The SMILES string of the molecule is CCOC(=O)C1=C(C)N=c2s/c(=C/c3ccc(-c4cccc(C(=O)OC)c4)o3)c(=O)n2[C@@H]1c1ccc(F)cc1. The number of hydrogen-bond acceptors (Lipinski definition) is 8. The number of benzene rings is 2. The van der Waals surface area contributed by atoms with E-state index in [4.69, 9.17) is 13.9 Å². The second kappa shape index (κ2) is 10.7. The van der Waals surface area contributed by atoms with Gasteiger partial charge in [0.05, 0.1) is 41.1 Å². The number of hydrogen-bond donors (Lipinski definition) is 0. The number of esters is 2. The second-order valence-corrected chi connectivity index (χ2v) is 9.64. The Bertz CT molecular complexity index is 1800. The van der Waals surface area contributed by atoms with E-state index in [-0.39, 0.29) is 17.7 Å². The van der Waals surface area contributed by atoms with E-state index < -0.39 is 23.8 Å². The van der Waals surface area contributed by atoms with Gasteiger partial charge in [-0.2, -0.15) is 0 Å². The molecule has 198 valence electrons. The second-order valence-electron chi connectivity index (χ2n) is 8.63. The smallest absolute Gasteiger partial charge is 0.338 e. The number of thiazole rings is 1. The van der Waals surface area contributed by atoms with E-state index in [0.717, 1.165) is 11.3 Å². The molecule has 0 amide bonds. The minimum absolute atomic E-state index is 0.152. The molecule has 0 spiro atoms. The summed E-state index contributed by atoms with van der Waals surface area (Å²) < 4.78 is 31.5. The highest BCUT2D eigenvalue weighted by Crippen LogP contribution is 2.31. The fraction of sp³-hybridized carbons (Fsp3) is 0.172. The highest BCUT2D eigenvalue weighted by Gasteiger charge is 2.33. The number of allylic oxidation sites excluding steroid dienone is 1. The molecule has 8 nitrogen and oxygen atoms in total. The van der Waals surface area contributed by atoms with Crippen molar-refractivity contribution in [1.29, 1.82) is 0 Å². The van der Waals surface area contributed by atoms with Crippen LogP contribution in [0, 0.1) is 5.82 Å². The lowest BCUT2D eigenvalue weighted by Gasteiger charge is -2.24. The topological polar surface area (TPSA) is 100 Å². The first kappa shape index (κ1) is 26.1. The summed E-state index contributed by atoms with van der Waals surface area (Å²) in [7, 11) is 1.31. The Hall–Kier alpha value is -4.57. The number of rotatable bonds is 6. The third-order valence-electron chi connectivity index (χ3n) is 6.17. The molecule has 3 heterocycles. The number of furan rings is 1. The number of carbonyl (C=O) groups excluding carboxylic acids is 2. The quantitative estimate of drug-likeness (QED) is 0.339. The van der Waals surface area contributed by atoms with E-state index >= 15 is 0 Å². The van der Waals surface area contributed by atoms with Crippen LogP contribution >= 0.6 is 11.3 Å². The van der Waals surface area contributed by atoms with E-state index in [0.29, 0.717) is 43.2 Å². The molecule has 39 heavy (non-hydrogen) atoms. The molecule has 1 aliphatic heterocycles. The minimum atomic E-state index is -0.837. The van der Waals surface area contributed by atoms with Gasteiger partial charge in [-0.05, 0) is 55.8 Å². The Morgan fingerprint density at radius 1 is 1.13 bits per heavy atom. The molecule has 2 aromatic carbocycles. The summed E-state index contributed by atoms with van der Waals surface area (Å²) in [6.07, 6.45) is 1.60. The van der Waals surface area contributed by atoms with E-state index in [9.17, 15) is 18.8 Å². The van der Waals surface area contributed by atoms with Gasteiger partial charge in [0.25, 0.3) is 5.56 Å². The fourth-order valence-electron chi connectivity index (χ4n) is 4.38. The van der Waals surface area contributed by atoms with E-state index in [1.165, 1.54) is 35.9 Å². The molecular weight excluding hydrogens is 523 g/mol. The van der Waals surface area contributed by atoms with Crippen molar-refractivity contribution in [2.45, 2.75) is 19.9 Å². The number of fused-ring (bicyclic) bond motifs is 1. The van der Waals surface area contributed by atoms with E-state index in [1.807, 2.05) is 0 Å². The molecule has 1 atom stereocenters. The van der Waals surface area contributed by atoms with Crippen LogP contribution in [0.25, 0.3) is 17.4 Å². The van der Waals surface area contributed by atoms with Gasteiger partial charge in [0.2, 0.25) is 0 Å². The molecule has 4 aromatic rings. The summed E-state index contributed by atoms with van der Waals surface area (Å²) in [5.41, 5.74) is 1.86. The van der Waals surface area contributed by atoms with E-state index in [2.05, 4.69) is 4.99 Å². The Morgan fingerprint density at radius 2 is 1.90 bits per heavy atom. The highest BCUT2D eigenvalue weighted by molar-refractivity contribution is 7.07. The first-order valence-electron chi connectivity index (χ1n) is 12.0. The Morgan fingerprint density at radius 3 is 2.62 bits per heavy atom. The average Bonchev–Trinajstić information content (AvgIpc) is 3.52. The summed E-state index contributed by atoms with van der Waals surface area (Å²) >= 11 is 1.15. The Kier molecular flexibility index (Phi) is 7.12. The van der Waals surface area contributed by atoms with Crippen molar-refractivity contribution in [2.24, 2.45) is 4.99 Å². The third-order valence-corrected chi connectivity index (χ3v) is 7.15. The Balaban J connectivity index is 1.60. The van der Waals surface area contributed by atoms with Gasteiger partial charge < -0.3 is 13.9 Å².